The van der Waals surface area contributed by atoms with Crippen LogP contribution in [0.5, 0.6) is 0 Å². The summed E-state index contributed by atoms with van der Waals surface area (Å²) >= 11 is 1.81. The Hall–Kier alpha value is -1.32. The van der Waals surface area contributed by atoms with Crippen LogP contribution in [0.25, 0.3) is 0 Å². The molecule has 2 nitrogen and oxygen atoms in total. The summed E-state index contributed by atoms with van der Waals surface area (Å²) in [5, 5.41) is 0. The van der Waals surface area contributed by atoms with Gasteiger partial charge >= 0.3 is 0 Å². The van der Waals surface area contributed by atoms with E-state index in [9.17, 15) is 0 Å². The van der Waals surface area contributed by atoms with Crippen molar-refractivity contribution >= 4 is 11.8 Å². The Morgan fingerprint density at radius 2 is 1.52 bits per heavy atom. The summed E-state index contributed by atoms with van der Waals surface area (Å²) < 4.78 is 0. The summed E-state index contributed by atoms with van der Waals surface area (Å²) in [5.74, 6) is 0. The highest BCUT2D eigenvalue weighted by Gasteiger charge is 2.32. The van der Waals surface area contributed by atoms with Gasteiger partial charge in [-0.15, -0.1) is 0 Å². The monoisotopic (exact) mass is 324 g/mol. The zero-order chi connectivity index (χ0) is 15.5. The van der Waals surface area contributed by atoms with Gasteiger partial charge in [-0.1, -0.05) is 36.7 Å². The summed E-state index contributed by atoms with van der Waals surface area (Å²) in [7, 11) is 0. The molecule has 1 unspecified atom stereocenters. The molecule has 23 heavy (non-hydrogen) atoms. The van der Waals surface area contributed by atoms with Crippen molar-refractivity contribution in [3.05, 3.63) is 54.4 Å². The first-order chi connectivity index (χ1) is 11.4. The van der Waals surface area contributed by atoms with Gasteiger partial charge in [-0.2, -0.15) is 0 Å². The first-order valence-corrected chi connectivity index (χ1v) is 9.65. The molecule has 120 valence electrons. The standard InChI is InChI=1S/C20H24N2S/c1-2-6-20(22-15-3-5-17(22)4-1)16-7-9-18(10-8-16)23-19-11-13-21-14-12-19/h7-14,17,20H,1-6,15H2/t17?,20-/m0/s1. The molecule has 1 aromatic carbocycles. The molecule has 2 atom stereocenters. The molecule has 0 aliphatic carbocycles. The first-order valence-electron chi connectivity index (χ1n) is 8.84. The SMILES string of the molecule is c1cc(Sc2ccc([C@@H]3CCCCC4CCCN43)cc2)ccn1. The Kier molecular flexibility index (Phi) is 4.67. The van der Waals surface area contributed by atoms with Crippen LogP contribution < -0.4 is 0 Å². The van der Waals surface area contributed by atoms with Crippen molar-refractivity contribution in [3.8, 4) is 0 Å². The van der Waals surface area contributed by atoms with Crippen molar-refractivity contribution in [2.75, 3.05) is 6.54 Å². The molecule has 0 N–H and O–H groups in total. The fourth-order valence-electron chi connectivity index (χ4n) is 4.12. The van der Waals surface area contributed by atoms with E-state index in [-0.39, 0.29) is 0 Å². The average molecular weight is 324 g/mol. The van der Waals surface area contributed by atoms with Crippen LogP contribution in [-0.4, -0.2) is 22.5 Å². The summed E-state index contributed by atoms with van der Waals surface area (Å²) in [6.45, 7) is 1.29. The maximum Gasteiger partial charge on any atom is 0.0351 e. The third kappa shape index (κ3) is 3.46. The molecule has 4 rings (SSSR count). The fourth-order valence-corrected chi connectivity index (χ4v) is 4.92. The van der Waals surface area contributed by atoms with E-state index < -0.39 is 0 Å². The maximum absolute atomic E-state index is 4.08. The van der Waals surface area contributed by atoms with E-state index >= 15 is 0 Å². The Labute approximate surface area is 143 Å². The largest absolute Gasteiger partial charge is 0.293 e. The van der Waals surface area contributed by atoms with Crippen LogP contribution in [-0.2, 0) is 0 Å². The third-order valence-corrected chi connectivity index (χ3v) is 6.25. The number of nitrogens with zero attached hydrogens (tertiary/aromatic N) is 2. The van der Waals surface area contributed by atoms with E-state index in [4.69, 9.17) is 0 Å². The molecule has 2 aliphatic heterocycles. The van der Waals surface area contributed by atoms with Crippen molar-refractivity contribution in [2.24, 2.45) is 0 Å². The minimum Gasteiger partial charge on any atom is -0.293 e. The number of pyridine rings is 1. The average Bonchev–Trinajstić information content (AvgIpc) is 2.96. The van der Waals surface area contributed by atoms with E-state index in [1.165, 1.54) is 60.4 Å². The minimum absolute atomic E-state index is 0.643. The van der Waals surface area contributed by atoms with Crippen LogP contribution in [0, 0.1) is 0 Å². The number of rotatable bonds is 3. The summed E-state index contributed by atoms with van der Waals surface area (Å²) in [4.78, 5) is 9.44. The second kappa shape index (κ2) is 7.06. The van der Waals surface area contributed by atoms with E-state index in [0.717, 1.165) is 6.04 Å². The molecule has 3 heteroatoms. The lowest BCUT2D eigenvalue weighted by Crippen LogP contribution is -2.31. The minimum atomic E-state index is 0.643. The van der Waals surface area contributed by atoms with Gasteiger partial charge in [0.2, 0.25) is 0 Å². The van der Waals surface area contributed by atoms with Crippen molar-refractivity contribution in [3.63, 3.8) is 0 Å². The second-order valence-electron chi connectivity index (χ2n) is 6.69. The highest BCUT2D eigenvalue weighted by atomic mass is 32.2. The Balaban J connectivity index is 1.50. The van der Waals surface area contributed by atoms with Gasteiger partial charge in [-0.25, -0.2) is 0 Å². The van der Waals surface area contributed by atoms with Crippen LogP contribution in [0.2, 0.25) is 0 Å². The molecule has 0 bridgehead atoms. The molecule has 0 radical (unpaired) electrons. The highest BCUT2D eigenvalue weighted by molar-refractivity contribution is 7.99. The van der Waals surface area contributed by atoms with Crippen LogP contribution in [0.3, 0.4) is 0 Å². The van der Waals surface area contributed by atoms with Gasteiger partial charge in [-0.3, -0.25) is 9.88 Å². The molecule has 0 spiro atoms. The predicted octanol–water partition coefficient (Wildman–Crippen LogP) is 5.31. The van der Waals surface area contributed by atoms with Crippen molar-refractivity contribution in [1.29, 1.82) is 0 Å². The lowest BCUT2D eigenvalue weighted by molar-refractivity contribution is 0.182. The number of benzene rings is 1. The topological polar surface area (TPSA) is 16.1 Å². The predicted molar refractivity (Wildman–Crippen MR) is 95.7 cm³/mol. The van der Waals surface area contributed by atoms with Crippen LogP contribution in [0.1, 0.15) is 50.1 Å². The van der Waals surface area contributed by atoms with Crippen molar-refractivity contribution in [2.45, 2.75) is 60.4 Å². The molecular weight excluding hydrogens is 300 g/mol. The van der Waals surface area contributed by atoms with E-state index in [0.29, 0.717) is 6.04 Å². The summed E-state index contributed by atoms with van der Waals surface area (Å²) in [6, 6.07) is 14.9. The fraction of sp³-hybridized carbons (Fsp3) is 0.450. The maximum atomic E-state index is 4.08. The van der Waals surface area contributed by atoms with Gasteiger partial charge < -0.3 is 0 Å². The Bertz CT molecular complexity index is 626. The Morgan fingerprint density at radius 1 is 0.826 bits per heavy atom. The molecule has 2 aromatic rings. The molecule has 2 fully saturated rings. The van der Waals surface area contributed by atoms with Gasteiger partial charge in [0.15, 0.2) is 0 Å². The van der Waals surface area contributed by atoms with Gasteiger partial charge in [0.05, 0.1) is 0 Å². The molecule has 0 amide bonds. The Morgan fingerprint density at radius 3 is 2.35 bits per heavy atom. The normalized spacial score (nSPS) is 25.0. The smallest absolute Gasteiger partial charge is 0.0351 e. The number of fused-ring (bicyclic) bond motifs is 1. The van der Waals surface area contributed by atoms with Crippen LogP contribution in [0.15, 0.2) is 58.6 Å². The van der Waals surface area contributed by atoms with Gasteiger partial charge in [0, 0.05) is 34.3 Å². The molecule has 1 aromatic heterocycles. The molecule has 0 saturated carbocycles. The quantitative estimate of drug-likeness (QED) is 0.761. The molecular formula is C20H24N2S. The zero-order valence-electron chi connectivity index (χ0n) is 13.5. The van der Waals surface area contributed by atoms with E-state index in [1.54, 1.807) is 0 Å². The highest BCUT2D eigenvalue weighted by Crippen LogP contribution is 2.38. The number of hydrogen-bond acceptors (Lipinski definition) is 3. The van der Waals surface area contributed by atoms with Gasteiger partial charge in [-0.05, 0) is 62.1 Å². The lowest BCUT2D eigenvalue weighted by atomic mass is 10.0. The van der Waals surface area contributed by atoms with Crippen LogP contribution in [0.4, 0.5) is 0 Å². The summed E-state index contributed by atoms with van der Waals surface area (Å²) in [5.41, 5.74) is 1.51. The van der Waals surface area contributed by atoms with Crippen molar-refractivity contribution < 1.29 is 0 Å². The van der Waals surface area contributed by atoms with Gasteiger partial charge in [0.25, 0.3) is 0 Å². The van der Waals surface area contributed by atoms with E-state index in [1.807, 2.05) is 24.2 Å². The molecule has 3 heterocycles. The third-order valence-electron chi connectivity index (χ3n) is 5.24. The number of hydrogen-bond donors (Lipinski definition) is 0. The molecule has 2 aliphatic rings. The summed E-state index contributed by atoms with van der Waals surface area (Å²) in [6.07, 6.45) is 12.0. The zero-order valence-corrected chi connectivity index (χ0v) is 14.3. The molecule has 2 saturated heterocycles. The van der Waals surface area contributed by atoms with Crippen LogP contribution >= 0.6 is 11.8 Å². The van der Waals surface area contributed by atoms with E-state index in [2.05, 4.69) is 46.3 Å². The van der Waals surface area contributed by atoms with Crippen molar-refractivity contribution in [1.82, 2.24) is 9.88 Å². The second-order valence-corrected chi connectivity index (χ2v) is 7.84. The lowest BCUT2D eigenvalue weighted by Gasteiger charge is -2.31. The van der Waals surface area contributed by atoms with Gasteiger partial charge in [0.1, 0.15) is 0 Å². The first kappa shape index (κ1) is 15.2. The number of aromatic nitrogens is 1.